The van der Waals surface area contributed by atoms with Crippen LogP contribution in [-0.4, -0.2) is 49.7 Å². The number of nitrogen functional groups attached to an aromatic ring is 1. The highest BCUT2D eigenvalue weighted by Crippen LogP contribution is 2.39. The van der Waals surface area contributed by atoms with Gasteiger partial charge in [0.15, 0.2) is 0 Å². The molecule has 2 aromatic carbocycles. The third-order valence-electron chi connectivity index (χ3n) is 7.16. The van der Waals surface area contributed by atoms with Gasteiger partial charge in [-0.15, -0.1) is 0 Å². The zero-order valence-corrected chi connectivity index (χ0v) is 20.1. The highest BCUT2D eigenvalue weighted by Gasteiger charge is 2.32. The molecule has 3 aromatic heterocycles. The number of pyridine rings is 1. The molecule has 2 aliphatic heterocycles. The summed E-state index contributed by atoms with van der Waals surface area (Å²) in [5.41, 5.74) is 10.7. The summed E-state index contributed by atoms with van der Waals surface area (Å²) < 4.78 is 22.7. The molecule has 2 amide bonds. The fourth-order valence-electron chi connectivity index (χ4n) is 5.15. The Morgan fingerprint density at radius 3 is 2.92 bits per heavy atom. The van der Waals surface area contributed by atoms with Crippen molar-refractivity contribution >= 4 is 40.0 Å². The monoisotopic (exact) mass is 509 g/mol. The number of benzene rings is 2. The topological polar surface area (TPSA) is 128 Å². The maximum atomic E-state index is 15.1. The molecule has 2 aliphatic rings. The van der Waals surface area contributed by atoms with Crippen LogP contribution < -0.4 is 15.8 Å². The fourth-order valence-corrected chi connectivity index (χ4v) is 5.15. The lowest BCUT2D eigenvalue weighted by Crippen LogP contribution is -2.32. The van der Waals surface area contributed by atoms with Crippen LogP contribution in [0.5, 0.6) is 5.75 Å². The molecule has 10 nitrogen and oxygen atoms in total. The van der Waals surface area contributed by atoms with E-state index in [2.05, 4.69) is 20.3 Å². The van der Waals surface area contributed by atoms with Gasteiger partial charge in [-0.3, -0.25) is 14.0 Å². The summed E-state index contributed by atoms with van der Waals surface area (Å²) in [6, 6.07) is 9.95. The quantitative estimate of drug-likeness (QED) is 0.382. The van der Waals surface area contributed by atoms with Crippen molar-refractivity contribution in [2.45, 2.75) is 12.5 Å². The number of nitrogens with zero attached hydrogens (tertiary/aromatic N) is 5. The normalized spacial score (nSPS) is 15.8. The minimum Gasteiger partial charge on any atom is -0.491 e. The van der Waals surface area contributed by atoms with E-state index in [-0.39, 0.29) is 23.9 Å². The number of hydrogen-bond donors (Lipinski definition) is 2. The summed E-state index contributed by atoms with van der Waals surface area (Å²) in [5, 5.41) is 2.73. The molecular formula is C27H20FN7O3. The Labute approximate surface area is 214 Å². The van der Waals surface area contributed by atoms with Gasteiger partial charge in [0.05, 0.1) is 41.6 Å². The first-order chi connectivity index (χ1) is 18.4. The lowest BCUT2D eigenvalue weighted by atomic mass is 10.00. The van der Waals surface area contributed by atoms with Crippen LogP contribution in [0, 0.1) is 5.82 Å². The SMILES string of the molecule is CN(C(=O)c1cc2c(cc1F)nc(N)c1cncn12)[C@H]1COc2cc(-c3cnc4c(c3)CC(=O)N4)ccc21. The molecule has 0 fully saturated rings. The predicted octanol–water partition coefficient (Wildman–Crippen LogP) is 3.37. The molecule has 0 unspecified atom stereocenters. The zero-order chi connectivity index (χ0) is 26.1. The van der Waals surface area contributed by atoms with E-state index in [4.69, 9.17) is 10.5 Å². The number of hydrogen-bond acceptors (Lipinski definition) is 7. The van der Waals surface area contributed by atoms with Crippen LogP contribution in [0.1, 0.15) is 27.5 Å². The van der Waals surface area contributed by atoms with E-state index in [0.717, 1.165) is 22.3 Å². The molecule has 0 spiro atoms. The average molecular weight is 510 g/mol. The first-order valence-electron chi connectivity index (χ1n) is 11.9. The number of amides is 2. The van der Waals surface area contributed by atoms with Gasteiger partial charge in [0, 0.05) is 36.0 Å². The summed E-state index contributed by atoms with van der Waals surface area (Å²) in [6.07, 6.45) is 5.12. The number of fused-ring (bicyclic) bond motifs is 5. The van der Waals surface area contributed by atoms with Crippen molar-refractivity contribution in [3.8, 4) is 16.9 Å². The van der Waals surface area contributed by atoms with Crippen molar-refractivity contribution in [2.24, 2.45) is 0 Å². The number of anilines is 2. The van der Waals surface area contributed by atoms with Crippen LogP contribution in [0.3, 0.4) is 0 Å². The van der Waals surface area contributed by atoms with E-state index in [9.17, 15) is 9.59 Å². The second-order valence-electron chi connectivity index (χ2n) is 9.42. The number of imidazole rings is 1. The van der Waals surface area contributed by atoms with E-state index in [0.29, 0.717) is 34.5 Å². The average Bonchev–Trinajstić information content (AvgIpc) is 3.64. The molecule has 38 heavy (non-hydrogen) atoms. The van der Waals surface area contributed by atoms with Gasteiger partial charge in [0.25, 0.3) is 5.91 Å². The van der Waals surface area contributed by atoms with Gasteiger partial charge in [0.2, 0.25) is 5.91 Å². The maximum Gasteiger partial charge on any atom is 0.257 e. The summed E-state index contributed by atoms with van der Waals surface area (Å²) in [7, 11) is 1.63. The lowest BCUT2D eigenvalue weighted by molar-refractivity contribution is -0.115. The highest BCUT2D eigenvalue weighted by atomic mass is 19.1. The molecule has 11 heteroatoms. The van der Waals surface area contributed by atoms with E-state index in [1.54, 1.807) is 30.2 Å². The Balaban J connectivity index is 1.20. The maximum absolute atomic E-state index is 15.1. The molecule has 5 heterocycles. The number of likely N-dealkylation sites (N-methyl/N-ethyl adjacent to an activating group) is 1. The van der Waals surface area contributed by atoms with Crippen LogP contribution in [0.4, 0.5) is 16.0 Å². The lowest BCUT2D eigenvalue weighted by Gasteiger charge is -2.24. The number of nitrogens with one attached hydrogen (secondary N) is 1. The fraction of sp³-hybridized carbons (Fsp3) is 0.148. The van der Waals surface area contributed by atoms with E-state index < -0.39 is 17.8 Å². The van der Waals surface area contributed by atoms with Gasteiger partial charge < -0.3 is 20.7 Å². The second kappa shape index (κ2) is 7.97. The standard InChI is InChI=1S/C27H20FN7O3/c1-34(27(37)17-7-20-19(8-18(17)28)32-25(29)21-10-30-12-35(20)21)22-11-38-23-5-13(2-3-16(22)23)15-4-14-6-24(36)33-26(14)31-9-15/h2-5,7-10,12,22H,6,11H2,1H3,(H2,29,32)(H,31,33,36)/t22-/m0/s1. The molecule has 1 atom stereocenters. The molecule has 3 N–H and O–H groups in total. The van der Waals surface area contributed by atoms with Gasteiger partial charge in [0.1, 0.15) is 35.3 Å². The predicted molar refractivity (Wildman–Crippen MR) is 137 cm³/mol. The van der Waals surface area contributed by atoms with Crippen molar-refractivity contribution in [1.29, 1.82) is 0 Å². The molecule has 0 saturated heterocycles. The highest BCUT2D eigenvalue weighted by molar-refractivity contribution is 5.99. The smallest absolute Gasteiger partial charge is 0.257 e. The number of aromatic nitrogens is 4. The Bertz CT molecular complexity index is 1830. The van der Waals surface area contributed by atoms with Crippen molar-refractivity contribution in [1.82, 2.24) is 24.3 Å². The molecule has 0 aliphatic carbocycles. The number of ether oxygens (including phenoxy) is 1. The van der Waals surface area contributed by atoms with Gasteiger partial charge in [-0.25, -0.2) is 19.3 Å². The van der Waals surface area contributed by atoms with Crippen molar-refractivity contribution < 1.29 is 18.7 Å². The number of carbonyl (C=O) groups excluding carboxylic acids is 2. The largest absolute Gasteiger partial charge is 0.491 e. The third-order valence-corrected chi connectivity index (χ3v) is 7.16. The molecular weight excluding hydrogens is 489 g/mol. The van der Waals surface area contributed by atoms with E-state index in [1.165, 1.54) is 17.0 Å². The van der Waals surface area contributed by atoms with Gasteiger partial charge in [-0.2, -0.15) is 0 Å². The second-order valence-corrected chi connectivity index (χ2v) is 9.42. The van der Waals surface area contributed by atoms with Crippen LogP contribution in [-0.2, 0) is 11.2 Å². The molecule has 7 rings (SSSR count). The van der Waals surface area contributed by atoms with Crippen molar-refractivity contribution in [3.05, 3.63) is 77.6 Å². The molecule has 0 radical (unpaired) electrons. The van der Waals surface area contributed by atoms with Crippen molar-refractivity contribution in [2.75, 3.05) is 24.7 Å². The van der Waals surface area contributed by atoms with E-state index >= 15 is 4.39 Å². The number of nitrogens with two attached hydrogens (primary N) is 1. The van der Waals surface area contributed by atoms with Crippen LogP contribution in [0.25, 0.3) is 27.7 Å². The Morgan fingerprint density at radius 1 is 1.18 bits per heavy atom. The van der Waals surface area contributed by atoms with Gasteiger partial charge in [-0.05, 0) is 23.8 Å². The molecule has 0 saturated carbocycles. The number of halogens is 1. The van der Waals surface area contributed by atoms with Crippen LogP contribution >= 0.6 is 0 Å². The Kier molecular flexibility index (Phi) is 4.65. The van der Waals surface area contributed by atoms with Gasteiger partial charge >= 0.3 is 0 Å². The number of rotatable bonds is 3. The minimum atomic E-state index is -0.688. The van der Waals surface area contributed by atoms with Crippen molar-refractivity contribution in [3.63, 3.8) is 0 Å². The van der Waals surface area contributed by atoms with Gasteiger partial charge in [-0.1, -0.05) is 12.1 Å². The molecule has 0 bridgehead atoms. The van der Waals surface area contributed by atoms with E-state index in [1.807, 2.05) is 24.3 Å². The third kappa shape index (κ3) is 3.28. The van der Waals surface area contributed by atoms with Crippen LogP contribution in [0.2, 0.25) is 0 Å². The summed E-state index contributed by atoms with van der Waals surface area (Å²) in [4.78, 5) is 39.3. The Morgan fingerprint density at radius 2 is 2.05 bits per heavy atom. The minimum absolute atomic E-state index is 0.0739. The summed E-state index contributed by atoms with van der Waals surface area (Å²) in [6.45, 7) is 0.237. The number of carbonyl (C=O) groups is 2. The molecule has 5 aromatic rings. The zero-order valence-electron chi connectivity index (χ0n) is 20.1. The van der Waals surface area contributed by atoms with Crippen LogP contribution in [0.15, 0.2) is 55.1 Å². The summed E-state index contributed by atoms with van der Waals surface area (Å²) in [5.74, 6) is 0.207. The Hall–Kier alpha value is -5.06. The summed E-state index contributed by atoms with van der Waals surface area (Å²) >= 11 is 0. The molecule has 188 valence electrons. The first kappa shape index (κ1) is 22.2. The first-order valence-corrected chi connectivity index (χ1v) is 11.9.